The Morgan fingerprint density at radius 1 is 1.23 bits per heavy atom. The van der Waals surface area contributed by atoms with Crippen molar-refractivity contribution in [1.82, 2.24) is 9.80 Å². The Morgan fingerprint density at radius 2 is 1.88 bits per heavy atom. The molecule has 5 atom stereocenters. The maximum Gasteiger partial charge on any atom is 0.255 e. The summed E-state index contributed by atoms with van der Waals surface area (Å²) in [5.74, 6) is -8.60. The molecule has 40 heavy (non-hydrogen) atoms. The Kier molecular flexibility index (Phi) is 8.65. The number of likely N-dealkylation sites (N-methyl/N-ethyl adjacent to an activating group) is 1. The van der Waals surface area contributed by atoms with Crippen molar-refractivity contribution >= 4 is 48.0 Å². The molecule has 0 bridgehead atoms. The van der Waals surface area contributed by atoms with Crippen molar-refractivity contribution in [2.24, 2.45) is 17.6 Å². The highest BCUT2D eigenvalue weighted by Gasteiger charge is 2.64. The number of phenolic OH excluding ortho intramolecular Hbond substituents is 1. The van der Waals surface area contributed by atoms with Crippen molar-refractivity contribution in [2.45, 2.75) is 43.6 Å². The summed E-state index contributed by atoms with van der Waals surface area (Å²) in [7, 11) is 3.00. The second-order valence-electron chi connectivity index (χ2n) is 10.8. The third-order valence-corrected chi connectivity index (χ3v) is 8.34. The number of phenols is 1. The van der Waals surface area contributed by atoms with Gasteiger partial charge in [-0.3, -0.25) is 24.2 Å². The van der Waals surface area contributed by atoms with Gasteiger partial charge < -0.3 is 26.2 Å². The number of likely N-dealkylation sites (tertiary alicyclic amines) is 1. The molecule has 5 rings (SSSR count). The number of fused-ring (bicyclic) bond motifs is 3. The number of primary amides is 1. The van der Waals surface area contributed by atoms with Crippen molar-refractivity contribution in [1.29, 1.82) is 0 Å². The van der Waals surface area contributed by atoms with E-state index >= 15 is 4.39 Å². The molecule has 1 aromatic carbocycles. The number of amides is 1. The van der Waals surface area contributed by atoms with E-state index in [-0.39, 0.29) is 73.0 Å². The van der Waals surface area contributed by atoms with Crippen LogP contribution in [-0.2, 0) is 27.3 Å². The quantitative estimate of drug-likeness (QED) is 0.320. The van der Waals surface area contributed by atoms with Crippen molar-refractivity contribution in [2.75, 3.05) is 27.2 Å². The molecule has 1 amide bonds. The number of nitrogens with two attached hydrogens (primary N) is 1. The first kappa shape index (κ1) is 31.8. The van der Waals surface area contributed by atoms with Crippen LogP contribution in [0.3, 0.4) is 0 Å². The number of ketones is 2. The fraction of sp³-hybridized carbons (Fsp3) is 0.500. The number of aliphatic hydroxyl groups excluding tert-OH is 2. The van der Waals surface area contributed by atoms with Crippen molar-refractivity contribution < 1.29 is 43.6 Å². The second kappa shape index (κ2) is 10.9. The van der Waals surface area contributed by atoms with E-state index in [9.17, 15) is 39.2 Å². The number of hydrogen-bond donors (Lipinski definition) is 5. The van der Waals surface area contributed by atoms with E-state index < -0.39 is 75.8 Å². The van der Waals surface area contributed by atoms with Crippen LogP contribution in [0.15, 0.2) is 23.0 Å². The molecule has 1 saturated carbocycles. The second-order valence-corrected chi connectivity index (χ2v) is 10.8. The zero-order chi connectivity index (χ0) is 27.8. The average molecular weight is 606 g/mol. The third-order valence-electron chi connectivity index (χ3n) is 8.34. The largest absolute Gasteiger partial charge is 0.508 e. The lowest BCUT2D eigenvalue weighted by atomic mass is 9.57. The standard InChI is InChI=1S/C26H29F2N3O7.2ClH/c1-30(2)20-14-6-10-5-13-17(15(32)7-11(19(13)28)8-31-4-3-12(27)9-31)21(33)16(10)23(35)26(14,38)24(36)18(22(20)34)25(29)37;;/h7,10,12,14,20,32-33,36,38H,3-6,8-9H2,1-2H3,(H2,29,37);2*1H/t10-,12-,14-,20-,26-;;/m0../s1. The van der Waals surface area contributed by atoms with Crippen LogP contribution >= 0.6 is 24.8 Å². The molecular weight excluding hydrogens is 575 g/mol. The van der Waals surface area contributed by atoms with Gasteiger partial charge >= 0.3 is 0 Å². The lowest BCUT2D eigenvalue weighted by Crippen LogP contribution is -2.65. The molecule has 2 fully saturated rings. The van der Waals surface area contributed by atoms with E-state index in [4.69, 9.17) is 5.73 Å². The van der Waals surface area contributed by atoms with Gasteiger partial charge in [0.05, 0.1) is 11.6 Å². The maximum absolute atomic E-state index is 15.7. The van der Waals surface area contributed by atoms with E-state index in [1.165, 1.54) is 19.0 Å². The summed E-state index contributed by atoms with van der Waals surface area (Å²) in [6.07, 6.45) is -0.974. The van der Waals surface area contributed by atoms with Crippen LogP contribution in [0, 0.1) is 17.7 Å². The molecule has 6 N–H and O–H groups in total. The molecule has 0 unspecified atom stereocenters. The van der Waals surface area contributed by atoms with E-state index in [0.717, 1.165) is 6.07 Å². The number of alkyl halides is 1. The minimum atomic E-state index is -2.75. The van der Waals surface area contributed by atoms with Gasteiger partial charge in [0.2, 0.25) is 5.78 Å². The highest BCUT2D eigenvalue weighted by Crippen LogP contribution is 2.53. The fourth-order valence-corrected chi connectivity index (χ4v) is 6.63. The molecule has 220 valence electrons. The summed E-state index contributed by atoms with van der Waals surface area (Å²) < 4.78 is 29.4. The molecule has 0 aromatic heterocycles. The molecule has 1 saturated heterocycles. The highest BCUT2D eigenvalue weighted by atomic mass is 35.5. The number of aromatic hydroxyl groups is 1. The van der Waals surface area contributed by atoms with Gasteiger partial charge in [-0.25, -0.2) is 8.78 Å². The minimum Gasteiger partial charge on any atom is -0.508 e. The normalized spacial score (nSPS) is 29.9. The summed E-state index contributed by atoms with van der Waals surface area (Å²) in [5.41, 5.74) is 1.05. The Balaban J connectivity index is 0.00000220. The number of aliphatic hydroxyl groups is 3. The fourth-order valence-electron chi connectivity index (χ4n) is 6.63. The molecular formula is C26H31Cl2F2N3O7. The van der Waals surface area contributed by atoms with E-state index in [2.05, 4.69) is 0 Å². The van der Waals surface area contributed by atoms with Crippen molar-refractivity contribution in [3.05, 3.63) is 45.5 Å². The molecule has 1 aliphatic heterocycles. The Labute approximate surface area is 240 Å². The van der Waals surface area contributed by atoms with Crippen molar-refractivity contribution in [3.63, 3.8) is 0 Å². The number of halogens is 4. The summed E-state index contributed by atoms with van der Waals surface area (Å²) in [6.45, 7) is 0.603. The van der Waals surface area contributed by atoms with Gasteiger partial charge in [-0.2, -0.15) is 0 Å². The zero-order valence-corrected chi connectivity index (χ0v) is 23.3. The predicted octanol–water partition coefficient (Wildman–Crippen LogP) is 1.49. The molecule has 1 heterocycles. The smallest absolute Gasteiger partial charge is 0.255 e. The first-order valence-electron chi connectivity index (χ1n) is 12.3. The number of carbonyl (C=O) groups excluding carboxylic acids is 3. The van der Waals surface area contributed by atoms with Crippen LogP contribution in [0.1, 0.15) is 29.5 Å². The SMILES string of the molecule is CN(C)[C@@H]1C(=O)C(C(N)=O)=C(O)[C@@]2(O)C(=O)C3=C(O)c4c(O)cc(CN5CC[C@H](F)C5)c(F)c4C[C@H]3C[C@@H]12.Cl.Cl. The van der Waals surface area contributed by atoms with Gasteiger partial charge in [0.15, 0.2) is 11.4 Å². The maximum atomic E-state index is 15.7. The number of hydrogen-bond acceptors (Lipinski definition) is 9. The highest BCUT2D eigenvalue weighted by molar-refractivity contribution is 6.24. The monoisotopic (exact) mass is 605 g/mol. The van der Waals surface area contributed by atoms with Crippen molar-refractivity contribution in [3.8, 4) is 5.75 Å². The predicted molar refractivity (Wildman–Crippen MR) is 143 cm³/mol. The van der Waals surface area contributed by atoms with Gasteiger partial charge in [0.25, 0.3) is 5.91 Å². The summed E-state index contributed by atoms with van der Waals surface area (Å²) in [4.78, 5) is 42.0. The minimum absolute atomic E-state index is 0. The van der Waals surface area contributed by atoms with Gasteiger partial charge in [0, 0.05) is 42.3 Å². The molecule has 10 nitrogen and oxygen atoms in total. The van der Waals surface area contributed by atoms with Gasteiger partial charge in [0.1, 0.15) is 34.8 Å². The number of nitrogens with zero attached hydrogens (tertiary/aromatic N) is 2. The lowest BCUT2D eigenvalue weighted by molar-refractivity contribution is -0.153. The van der Waals surface area contributed by atoms with Crippen LogP contribution in [0.4, 0.5) is 8.78 Å². The Hall–Kier alpha value is -2.77. The summed E-state index contributed by atoms with van der Waals surface area (Å²) in [6, 6.07) is -0.105. The molecule has 4 aliphatic rings. The Bertz CT molecular complexity index is 1350. The van der Waals surface area contributed by atoms with E-state index in [0.29, 0.717) is 13.0 Å². The number of carbonyl (C=O) groups is 3. The first-order chi connectivity index (χ1) is 17.8. The van der Waals surface area contributed by atoms with Gasteiger partial charge in [-0.1, -0.05) is 0 Å². The first-order valence-corrected chi connectivity index (χ1v) is 12.3. The summed E-state index contributed by atoms with van der Waals surface area (Å²) >= 11 is 0. The van der Waals surface area contributed by atoms with Crippen LogP contribution in [0.25, 0.3) is 5.76 Å². The van der Waals surface area contributed by atoms with Gasteiger partial charge in [-0.05, 0) is 45.3 Å². The van der Waals surface area contributed by atoms with E-state index in [1.807, 2.05) is 0 Å². The molecule has 3 aliphatic carbocycles. The number of Topliss-reactive ketones (excluding diaryl/α,β-unsaturated/α-hetero) is 2. The summed E-state index contributed by atoms with van der Waals surface area (Å²) in [5, 5.41) is 44.3. The molecule has 14 heteroatoms. The van der Waals surface area contributed by atoms with Crippen LogP contribution in [-0.4, -0.2) is 92.7 Å². The van der Waals surface area contributed by atoms with Crippen LogP contribution in [0.2, 0.25) is 0 Å². The zero-order valence-electron chi connectivity index (χ0n) is 21.7. The van der Waals surface area contributed by atoms with Crippen LogP contribution < -0.4 is 5.73 Å². The molecule has 1 aromatic rings. The van der Waals surface area contributed by atoms with E-state index in [1.54, 1.807) is 4.90 Å². The third kappa shape index (κ3) is 4.46. The van der Waals surface area contributed by atoms with Crippen LogP contribution in [0.5, 0.6) is 5.75 Å². The number of rotatable bonds is 4. The lowest BCUT2D eigenvalue weighted by Gasteiger charge is -2.50. The molecule has 0 radical (unpaired) electrons. The Morgan fingerprint density at radius 3 is 2.42 bits per heavy atom. The van der Waals surface area contributed by atoms with Gasteiger partial charge in [-0.15, -0.1) is 24.8 Å². The molecule has 0 spiro atoms. The topological polar surface area (TPSA) is 165 Å². The number of benzene rings is 1. The average Bonchev–Trinajstić information content (AvgIpc) is 3.23.